The van der Waals surface area contributed by atoms with Crippen LogP contribution in [0, 0.1) is 5.92 Å². The molecule has 1 aliphatic heterocycles. The molecule has 2 rings (SSSR count). The van der Waals surface area contributed by atoms with Gasteiger partial charge in [0.1, 0.15) is 5.01 Å². The number of halogens is 1. The summed E-state index contributed by atoms with van der Waals surface area (Å²) in [5.41, 5.74) is 0. The van der Waals surface area contributed by atoms with E-state index >= 15 is 0 Å². The molecule has 0 unspecified atom stereocenters. The molecule has 1 N–H and O–H groups in total. The molecule has 6 nitrogen and oxygen atoms in total. The number of ether oxygens (including phenoxy) is 1. The molecule has 8 heteroatoms. The molecule has 0 radical (unpaired) electrons. The van der Waals surface area contributed by atoms with E-state index in [9.17, 15) is 4.79 Å². The number of hydrogen-bond acceptors (Lipinski definition) is 5. The lowest BCUT2D eigenvalue weighted by atomic mass is 9.97. The van der Waals surface area contributed by atoms with Gasteiger partial charge in [0.15, 0.2) is 5.96 Å². The zero-order chi connectivity index (χ0) is 15.1. The summed E-state index contributed by atoms with van der Waals surface area (Å²) in [5, 5.41) is 6.32. The number of piperidine rings is 1. The average molecular weight is 438 g/mol. The minimum absolute atomic E-state index is 0. The van der Waals surface area contributed by atoms with E-state index in [0.717, 1.165) is 36.9 Å². The minimum atomic E-state index is -0.0668. The van der Waals surface area contributed by atoms with Crippen molar-refractivity contribution >= 4 is 47.2 Å². The van der Waals surface area contributed by atoms with Crippen LogP contribution < -0.4 is 5.32 Å². The standard InChI is InChI=1S/C14H22N4O2S.HI/c1-3-20-13(19)11-4-7-18(8-5-11)14(15-2)17-10-12-16-6-9-21-12;/h6,9,11H,3-5,7-8,10H2,1-2H3,(H,15,17);1H. The van der Waals surface area contributed by atoms with Gasteiger partial charge in [0, 0.05) is 31.7 Å². The Labute approximate surface area is 152 Å². The lowest BCUT2D eigenvalue weighted by Crippen LogP contribution is -2.46. The highest BCUT2D eigenvalue weighted by Gasteiger charge is 2.27. The Morgan fingerprint density at radius 1 is 1.55 bits per heavy atom. The molecule has 1 aromatic heterocycles. The van der Waals surface area contributed by atoms with Crippen LogP contribution in [-0.4, -0.2) is 48.6 Å². The van der Waals surface area contributed by atoms with Crippen LogP contribution in [0.15, 0.2) is 16.6 Å². The molecule has 0 saturated carbocycles. The third-order valence-corrected chi connectivity index (χ3v) is 4.29. The van der Waals surface area contributed by atoms with Crippen LogP contribution in [-0.2, 0) is 16.1 Å². The normalized spacial score (nSPS) is 16.1. The van der Waals surface area contributed by atoms with Gasteiger partial charge in [0.05, 0.1) is 19.1 Å². The Hall–Kier alpha value is -0.900. The van der Waals surface area contributed by atoms with Crippen molar-refractivity contribution in [3.63, 3.8) is 0 Å². The van der Waals surface area contributed by atoms with Crippen LogP contribution in [0.3, 0.4) is 0 Å². The molecule has 1 saturated heterocycles. The maximum absolute atomic E-state index is 11.7. The molecule has 0 bridgehead atoms. The fourth-order valence-electron chi connectivity index (χ4n) is 2.41. The van der Waals surface area contributed by atoms with Gasteiger partial charge in [-0.25, -0.2) is 4.98 Å². The number of carbonyl (C=O) groups is 1. The van der Waals surface area contributed by atoms with Gasteiger partial charge >= 0.3 is 5.97 Å². The second-order valence-electron chi connectivity index (χ2n) is 4.84. The highest BCUT2D eigenvalue weighted by molar-refractivity contribution is 14.0. The molecular weight excluding hydrogens is 415 g/mol. The molecule has 124 valence electrons. The largest absolute Gasteiger partial charge is 0.466 e. The summed E-state index contributed by atoms with van der Waals surface area (Å²) in [6.07, 6.45) is 3.43. The SMILES string of the molecule is CCOC(=O)C1CCN(C(=NC)NCc2nccs2)CC1.I. The minimum Gasteiger partial charge on any atom is -0.466 e. The van der Waals surface area contributed by atoms with Crippen molar-refractivity contribution in [3.8, 4) is 0 Å². The third-order valence-electron chi connectivity index (χ3n) is 3.51. The number of nitrogens with one attached hydrogen (secondary N) is 1. The van der Waals surface area contributed by atoms with Crippen LogP contribution in [0.2, 0.25) is 0 Å². The summed E-state index contributed by atoms with van der Waals surface area (Å²) in [5.74, 6) is 0.827. The van der Waals surface area contributed by atoms with Gasteiger partial charge < -0.3 is 15.0 Å². The summed E-state index contributed by atoms with van der Waals surface area (Å²) < 4.78 is 5.09. The molecular formula is C14H23IN4O2S. The number of nitrogens with zero attached hydrogens (tertiary/aromatic N) is 3. The molecule has 0 aliphatic carbocycles. The molecule has 1 aliphatic rings. The molecule has 2 heterocycles. The van der Waals surface area contributed by atoms with Crippen LogP contribution in [0.1, 0.15) is 24.8 Å². The van der Waals surface area contributed by atoms with Gasteiger partial charge in [0.2, 0.25) is 0 Å². The first-order valence-corrected chi connectivity index (χ1v) is 8.13. The number of likely N-dealkylation sites (tertiary alicyclic amines) is 1. The van der Waals surface area contributed by atoms with Gasteiger partial charge in [-0.05, 0) is 19.8 Å². The Balaban J connectivity index is 0.00000242. The molecule has 1 aromatic rings. The number of guanidine groups is 1. The highest BCUT2D eigenvalue weighted by atomic mass is 127. The first kappa shape index (κ1) is 19.1. The van der Waals surface area contributed by atoms with E-state index in [4.69, 9.17) is 4.74 Å². The van der Waals surface area contributed by atoms with E-state index in [0.29, 0.717) is 13.2 Å². The van der Waals surface area contributed by atoms with Crippen LogP contribution in [0.4, 0.5) is 0 Å². The van der Waals surface area contributed by atoms with Crippen LogP contribution in [0.5, 0.6) is 0 Å². The zero-order valence-corrected chi connectivity index (χ0v) is 16.1. The number of rotatable bonds is 4. The molecule has 1 fully saturated rings. The lowest BCUT2D eigenvalue weighted by Gasteiger charge is -2.33. The number of hydrogen-bond donors (Lipinski definition) is 1. The van der Waals surface area contributed by atoms with Crippen molar-refractivity contribution in [2.75, 3.05) is 26.7 Å². The monoisotopic (exact) mass is 438 g/mol. The number of carbonyl (C=O) groups excluding carboxylic acids is 1. The molecule has 0 spiro atoms. The van der Waals surface area contributed by atoms with E-state index in [1.807, 2.05) is 12.3 Å². The van der Waals surface area contributed by atoms with Crippen molar-refractivity contribution in [3.05, 3.63) is 16.6 Å². The van der Waals surface area contributed by atoms with Crippen LogP contribution in [0.25, 0.3) is 0 Å². The smallest absolute Gasteiger partial charge is 0.309 e. The predicted octanol–water partition coefficient (Wildman–Crippen LogP) is 2.11. The highest BCUT2D eigenvalue weighted by Crippen LogP contribution is 2.18. The van der Waals surface area contributed by atoms with E-state index in [1.54, 1.807) is 24.6 Å². The lowest BCUT2D eigenvalue weighted by molar-refractivity contribution is -0.149. The van der Waals surface area contributed by atoms with Crippen molar-refractivity contribution < 1.29 is 9.53 Å². The number of aromatic nitrogens is 1. The second kappa shape index (κ2) is 9.98. The maximum Gasteiger partial charge on any atom is 0.309 e. The van der Waals surface area contributed by atoms with E-state index < -0.39 is 0 Å². The van der Waals surface area contributed by atoms with Gasteiger partial charge in [-0.3, -0.25) is 9.79 Å². The van der Waals surface area contributed by atoms with E-state index in [2.05, 4.69) is 20.2 Å². The zero-order valence-electron chi connectivity index (χ0n) is 12.9. The number of esters is 1. The maximum atomic E-state index is 11.7. The fourth-order valence-corrected chi connectivity index (χ4v) is 2.97. The van der Waals surface area contributed by atoms with Gasteiger partial charge in [-0.1, -0.05) is 0 Å². The Morgan fingerprint density at radius 3 is 2.82 bits per heavy atom. The van der Waals surface area contributed by atoms with Crippen molar-refractivity contribution in [1.82, 2.24) is 15.2 Å². The van der Waals surface area contributed by atoms with Gasteiger partial charge in [-0.15, -0.1) is 35.3 Å². The third kappa shape index (κ3) is 5.38. The Bertz CT molecular complexity index is 473. The Kier molecular flexibility index (Phi) is 8.69. The average Bonchev–Trinajstić information content (AvgIpc) is 3.02. The number of thiazole rings is 1. The Morgan fingerprint density at radius 2 is 2.27 bits per heavy atom. The molecule has 0 atom stereocenters. The second-order valence-corrected chi connectivity index (χ2v) is 5.82. The summed E-state index contributed by atoms with van der Waals surface area (Å²) in [6.45, 7) is 4.62. The molecule has 0 amide bonds. The topological polar surface area (TPSA) is 66.8 Å². The summed E-state index contributed by atoms with van der Waals surface area (Å²) in [4.78, 5) is 22.5. The van der Waals surface area contributed by atoms with Crippen molar-refractivity contribution in [2.24, 2.45) is 10.9 Å². The first-order chi connectivity index (χ1) is 10.2. The van der Waals surface area contributed by atoms with Crippen LogP contribution >= 0.6 is 35.3 Å². The van der Waals surface area contributed by atoms with Crippen molar-refractivity contribution in [1.29, 1.82) is 0 Å². The van der Waals surface area contributed by atoms with Crippen molar-refractivity contribution in [2.45, 2.75) is 26.3 Å². The van der Waals surface area contributed by atoms with Gasteiger partial charge in [0.25, 0.3) is 0 Å². The quantitative estimate of drug-likeness (QED) is 0.338. The summed E-state index contributed by atoms with van der Waals surface area (Å²) >= 11 is 1.62. The summed E-state index contributed by atoms with van der Waals surface area (Å²) in [6, 6.07) is 0. The number of aliphatic imine (C=N–C) groups is 1. The summed E-state index contributed by atoms with van der Waals surface area (Å²) in [7, 11) is 1.78. The fraction of sp³-hybridized carbons (Fsp3) is 0.643. The van der Waals surface area contributed by atoms with Gasteiger partial charge in [-0.2, -0.15) is 0 Å². The predicted molar refractivity (Wildman–Crippen MR) is 98.7 cm³/mol. The van der Waals surface area contributed by atoms with E-state index in [1.165, 1.54) is 0 Å². The van der Waals surface area contributed by atoms with E-state index in [-0.39, 0.29) is 35.9 Å². The first-order valence-electron chi connectivity index (χ1n) is 7.25. The molecule has 0 aromatic carbocycles. The molecule has 22 heavy (non-hydrogen) atoms.